The van der Waals surface area contributed by atoms with Crippen molar-refractivity contribution in [2.45, 2.75) is 71.1 Å². The van der Waals surface area contributed by atoms with Gasteiger partial charge in [-0.1, -0.05) is 67.1 Å². The molecule has 1 aliphatic rings. The molecule has 4 N–H and O–H groups in total. The lowest BCUT2D eigenvalue weighted by Crippen LogP contribution is -2.48. The van der Waals surface area contributed by atoms with Gasteiger partial charge in [0.05, 0.1) is 11.7 Å². The standard InChI is InChI=1S/C35H44ClN3O4/c1-4-25-9-5-10-28(21-25)32-30(12-6-13-31(32)36)35(42,18-8-19-38-34(41)43-24(2)3)29-11-7-20-39(23-29)33(40)27-16-14-26(22-37)15-17-27/h5-6,9-10,12-17,21,24,29,42H,4,7-8,11,18-20,22-23,37H2,1-3H3,(H,38,41). The molecular formula is C35H44ClN3O4. The molecule has 0 spiro atoms. The number of hydrogen-bond acceptors (Lipinski definition) is 5. The number of carbonyl (C=O) groups excluding carboxylic acids is 2. The van der Waals surface area contributed by atoms with E-state index in [2.05, 4.69) is 24.4 Å². The molecule has 3 aromatic carbocycles. The second-order valence-electron chi connectivity index (χ2n) is 11.6. The molecule has 1 fully saturated rings. The summed E-state index contributed by atoms with van der Waals surface area (Å²) in [6.07, 6.45) is 2.57. The van der Waals surface area contributed by atoms with Crippen molar-refractivity contribution in [3.63, 3.8) is 0 Å². The van der Waals surface area contributed by atoms with E-state index in [0.717, 1.165) is 41.5 Å². The van der Waals surface area contributed by atoms with Gasteiger partial charge in [0.15, 0.2) is 0 Å². The number of piperidine rings is 1. The van der Waals surface area contributed by atoms with E-state index in [0.29, 0.717) is 49.6 Å². The largest absolute Gasteiger partial charge is 0.447 e. The average Bonchev–Trinajstić information content (AvgIpc) is 3.02. The highest BCUT2D eigenvalue weighted by molar-refractivity contribution is 6.33. The SMILES string of the molecule is CCc1cccc(-c2c(Cl)cccc2C(O)(CCCNC(=O)OC(C)C)C2CCCN(C(=O)c3ccc(CN)cc3)C2)c1. The van der Waals surface area contributed by atoms with Crippen LogP contribution in [0.2, 0.25) is 5.02 Å². The van der Waals surface area contributed by atoms with Crippen LogP contribution in [0.25, 0.3) is 11.1 Å². The number of hydrogen-bond donors (Lipinski definition) is 3. The van der Waals surface area contributed by atoms with Crippen LogP contribution in [0, 0.1) is 5.92 Å². The quantitative estimate of drug-likeness (QED) is 0.211. The predicted octanol–water partition coefficient (Wildman–Crippen LogP) is 6.68. The molecule has 2 atom stereocenters. The first-order valence-electron chi connectivity index (χ1n) is 15.3. The summed E-state index contributed by atoms with van der Waals surface area (Å²) >= 11 is 6.88. The number of aryl methyl sites for hydroxylation is 1. The number of amides is 2. The van der Waals surface area contributed by atoms with Crippen LogP contribution in [-0.2, 0) is 23.3 Å². The van der Waals surface area contributed by atoms with Crippen molar-refractivity contribution >= 4 is 23.6 Å². The molecule has 1 heterocycles. The molecule has 2 amide bonds. The number of nitrogens with two attached hydrogens (primary N) is 1. The van der Waals surface area contributed by atoms with Crippen molar-refractivity contribution in [2.75, 3.05) is 19.6 Å². The molecule has 230 valence electrons. The lowest BCUT2D eigenvalue weighted by Gasteiger charge is -2.44. The first-order chi connectivity index (χ1) is 20.7. The van der Waals surface area contributed by atoms with Crippen molar-refractivity contribution in [1.82, 2.24) is 10.2 Å². The number of rotatable bonds is 11. The van der Waals surface area contributed by atoms with Gasteiger partial charge in [0.2, 0.25) is 0 Å². The molecule has 0 radical (unpaired) electrons. The van der Waals surface area contributed by atoms with E-state index in [-0.39, 0.29) is 17.9 Å². The van der Waals surface area contributed by atoms with E-state index in [9.17, 15) is 14.7 Å². The Morgan fingerprint density at radius 2 is 1.86 bits per heavy atom. The maximum atomic E-state index is 13.6. The van der Waals surface area contributed by atoms with Gasteiger partial charge in [-0.25, -0.2) is 4.79 Å². The summed E-state index contributed by atoms with van der Waals surface area (Å²) in [6.45, 7) is 7.49. The number of ether oxygens (including phenoxy) is 1. The van der Waals surface area contributed by atoms with Crippen molar-refractivity contribution in [3.05, 3.63) is 94.0 Å². The molecule has 4 rings (SSSR count). The lowest BCUT2D eigenvalue weighted by atomic mass is 9.72. The predicted molar refractivity (Wildman–Crippen MR) is 172 cm³/mol. The van der Waals surface area contributed by atoms with E-state index < -0.39 is 11.7 Å². The van der Waals surface area contributed by atoms with E-state index in [1.807, 2.05) is 59.5 Å². The number of halogens is 1. The Morgan fingerprint density at radius 1 is 1.12 bits per heavy atom. The first-order valence-corrected chi connectivity index (χ1v) is 15.7. The van der Waals surface area contributed by atoms with Crippen molar-refractivity contribution in [2.24, 2.45) is 11.7 Å². The molecule has 3 aromatic rings. The minimum absolute atomic E-state index is 0.0596. The molecule has 0 aliphatic carbocycles. The van der Waals surface area contributed by atoms with E-state index >= 15 is 0 Å². The van der Waals surface area contributed by atoms with Gasteiger partial charge in [-0.3, -0.25) is 4.79 Å². The number of alkyl carbamates (subject to hydrolysis) is 1. The number of nitrogens with zero attached hydrogens (tertiary/aromatic N) is 1. The monoisotopic (exact) mass is 605 g/mol. The van der Waals surface area contributed by atoms with Crippen molar-refractivity contribution in [1.29, 1.82) is 0 Å². The third kappa shape index (κ3) is 7.96. The maximum Gasteiger partial charge on any atom is 0.407 e. The highest BCUT2D eigenvalue weighted by Crippen LogP contribution is 2.45. The fourth-order valence-corrected chi connectivity index (χ4v) is 6.29. The van der Waals surface area contributed by atoms with Gasteiger partial charge in [-0.05, 0) is 86.4 Å². The summed E-state index contributed by atoms with van der Waals surface area (Å²) < 4.78 is 5.21. The summed E-state index contributed by atoms with van der Waals surface area (Å²) in [6, 6.07) is 21.3. The molecule has 43 heavy (non-hydrogen) atoms. The lowest BCUT2D eigenvalue weighted by molar-refractivity contribution is -0.0563. The van der Waals surface area contributed by atoms with Crippen LogP contribution in [-0.4, -0.2) is 47.7 Å². The molecule has 0 bridgehead atoms. The maximum absolute atomic E-state index is 13.6. The second kappa shape index (κ2) is 14.9. The molecular weight excluding hydrogens is 562 g/mol. The normalized spacial score (nSPS) is 16.5. The second-order valence-corrected chi connectivity index (χ2v) is 12.0. The summed E-state index contributed by atoms with van der Waals surface area (Å²) in [4.78, 5) is 27.5. The highest BCUT2D eigenvalue weighted by Gasteiger charge is 2.43. The van der Waals surface area contributed by atoms with Crippen LogP contribution in [0.4, 0.5) is 4.79 Å². The molecule has 2 unspecified atom stereocenters. The fraction of sp³-hybridized carbons (Fsp3) is 0.429. The summed E-state index contributed by atoms with van der Waals surface area (Å²) in [5.41, 5.74) is 9.67. The van der Waals surface area contributed by atoms with Crippen LogP contribution < -0.4 is 11.1 Å². The minimum atomic E-state index is -1.31. The van der Waals surface area contributed by atoms with Crippen LogP contribution in [0.15, 0.2) is 66.7 Å². The Hall–Kier alpha value is -3.39. The number of aliphatic hydroxyl groups is 1. The van der Waals surface area contributed by atoms with E-state index in [1.165, 1.54) is 5.56 Å². The number of likely N-dealkylation sites (tertiary alicyclic amines) is 1. The molecule has 1 aliphatic heterocycles. The highest BCUT2D eigenvalue weighted by atomic mass is 35.5. The molecule has 0 saturated carbocycles. The zero-order valence-electron chi connectivity index (χ0n) is 25.4. The topological polar surface area (TPSA) is 105 Å². The van der Waals surface area contributed by atoms with Crippen molar-refractivity contribution in [3.8, 4) is 11.1 Å². The Kier molecular flexibility index (Phi) is 11.2. The van der Waals surface area contributed by atoms with Crippen molar-refractivity contribution < 1.29 is 19.4 Å². The Balaban J connectivity index is 1.68. The van der Waals surface area contributed by atoms with E-state index in [4.69, 9.17) is 22.1 Å². The van der Waals surface area contributed by atoms with Crippen LogP contribution in [0.5, 0.6) is 0 Å². The Labute approximate surface area is 260 Å². The fourth-order valence-electron chi connectivity index (χ4n) is 6.01. The molecule has 7 nitrogen and oxygen atoms in total. The van der Waals surface area contributed by atoms with Gasteiger partial charge in [-0.2, -0.15) is 0 Å². The Morgan fingerprint density at radius 3 is 2.56 bits per heavy atom. The van der Waals surface area contributed by atoms with Gasteiger partial charge >= 0.3 is 6.09 Å². The third-order valence-corrected chi connectivity index (χ3v) is 8.59. The molecule has 8 heteroatoms. The van der Waals surface area contributed by atoms with Gasteiger partial charge in [-0.15, -0.1) is 0 Å². The zero-order chi connectivity index (χ0) is 31.0. The summed E-state index contributed by atoms with van der Waals surface area (Å²) in [7, 11) is 0. The summed E-state index contributed by atoms with van der Waals surface area (Å²) in [5.74, 6) is -0.307. The van der Waals surface area contributed by atoms with Crippen LogP contribution in [0.3, 0.4) is 0 Å². The smallest absolute Gasteiger partial charge is 0.407 e. The molecule has 1 saturated heterocycles. The average molecular weight is 606 g/mol. The summed E-state index contributed by atoms with van der Waals surface area (Å²) in [5, 5.41) is 16.2. The third-order valence-electron chi connectivity index (χ3n) is 8.27. The van der Waals surface area contributed by atoms with Gasteiger partial charge in [0, 0.05) is 48.2 Å². The Bertz CT molecular complexity index is 1390. The van der Waals surface area contributed by atoms with Crippen LogP contribution >= 0.6 is 11.6 Å². The number of benzene rings is 3. The number of nitrogens with one attached hydrogen (secondary N) is 1. The van der Waals surface area contributed by atoms with E-state index in [1.54, 1.807) is 13.8 Å². The van der Waals surface area contributed by atoms with Gasteiger partial charge < -0.3 is 25.8 Å². The molecule has 0 aromatic heterocycles. The van der Waals surface area contributed by atoms with Gasteiger partial charge in [0.1, 0.15) is 0 Å². The van der Waals surface area contributed by atoms with Crippen LogP contribution in [0.1, 0.15) is 73.5 Å². The first kappa shape index (κ1) is 32.5. The van der Waals surface area contributed by atoms with Gasteiger partial charge in [0.25, 0.3) is 5.91 Å². The zero-order valence-corrected chi connectivity index (χ0v) is 26.2. The minimum Gasteiger partial charge on any atom is -0.447 e. The number of carbonyl (C=O) groups is 2.